The summed E-state index contributed by atoms with van der Waals surface area (Å²) < 4.78 is 1.67. The summed E-state index contributed by atoms with van der Waals surface area (Å²) in [5.74, 6) is -0.311. The Kier molecular flexibility index (Phi) is 3.50. The topological polar surface area (TPSA) is 66.6 Å². The van der Waals surface area contributed by atoms with Gasteiger partial charge < -0.3 is 10.4 Å². The van der Waals surface area contributed by atoms with E-state index in [1.54, 1.807) is 41.8 Å². The number of aromatic hydroxyl groups is 1. The van der Waals surface area contributed by atoms with Gasteiger partial charge in [-0.05, 0) is 37.6 Å². The summed E-state index contributed by atoms with van der Waals surface area (Å²) in [4.78, 5) is 16.8. The van der Waals surface area contributed by atoms with Crippen LogP contribution in [-0.4, -0.2) is 20.4 Å². The monoisotopic (exact) mass is 315 g/mol. The zero-order chi connectivity index (χ0) is 15.9. The molecule has 0 aliphatic rings. The molecular weight excluding hydrogens is 302 g/mol. The lowest BCUT2D eigenvalue weighted by Gasteiger charge is -2.08. The van der Waals surface area contributed by atoms with Gasteiger partial charge in [-0.25, -0.2) is 4.98 Å². The predicted molar refractivity (Wildman–Crippen MR) is 85.7 cm³/mol. The largest absolute Gasteiger partial charge is 0.506 e. The summed E-state index contributed by atoms with van der Waals surface area (Å²) in [6.45, 7) is 3.62. The zero-order valence-electron chi connectivity index (χ0n) is 12.1. The number of nitrogens with one attached hydrogen (secondary N) is 1. The number of aryl methyl sites for hydroxylation is 2. The number of nitrogens with zero attached hydrogens (tertiary/aromatic N) is 2. The minimum absolute atomic E-state index is 0.0304. The summed E-state index contributed by atoms with van der Waals surface area (Å²) in [6, 6.07) is 8.45. The van der Waals surface area contributed by atoms with Gasteiger partial charge in [0.2, 0.25) is 0 Å². The molecule has 6 heteroatoms. The second kappa shape index (κ2) is 5.35. The van der Waals surface area contributed by atoms with Crippen molar-refractivity contribution >= 4 is 28.8 Å². The van der Waals surface area contributed by atoms with Crippen LogP contribution in [0.2, 0.25) is 5.02 Å². The third-order valence-corrected chi connectivity index (χ3v) is 3.61. The highest BCUT2D eigenvalue weighted by Crippen LogP contribution is 2.25. The molecule has 1 amide bonds. The van der Waals surface area contributed by atoms with E-state index >= 15 is 0 Å². The second-order valence-corrected chi connectivity index (χ2v) is 5.53. The molecule has 0 spiro atoms. The smallest absolute Gasteiger partial charge is 0.274 e. The number of hydrogen-bond donors (Lipinski definition) is 2. The molecule has 112 valence electrons. The van der Waals surface area contributed by atoms with E-state index in [0.717, 1.165) is 5.56 Å². The van der Waals surface area contributed by atoms with Crippen molar-refractivity contribution in [2.24, 2.45) is 0 Å². The van der Waals surface area contributed by atoms with Gasteiger partial charge in [0.15, 0.2) is 0 Å². The summed E-state index contributed by atoms with van der Waals surface area (Å²) in [6.07, 6.45) is 1.70. The molecule has 0 aliphatic carbocycles. The lowest BCUT2D eigenvalue weighted by molar-refractivity contribution is 0.102. The van der Waals surface area contributed by atoms with Crippen LogP contribution >= 0.6 is 11.6 Å². The first kappa shape index (κ1) is 14.4. The van der Waals surface area contributed by atoms with Gasteiger partial charge in [0.25, 0.3) is 5.91 Å². The second-order valence-electron chi connectivity index (χ2n) is 5.09. The van der Waals surface area contributed by atoms with Crippen molar-refractivity contribution in [2.45, 2.75) is 13.8 Å². The van der Waals surface area contributed by atoms with Crippen LogP contribution in [0.3, 0.4) is 0 Å². The van der Waals surface area contributed by atoms with Crippen molar-refractivity contribution in [3.05, 3.63) is 58.5 Å². The molecule has 0 fully saturated rings. The molecule has 2 N–H and O–H groups in total. The van der Waals surface area contributed by atoms with Crippen molar-refractivity contribution in [1.82, 2.24) is 9.38 Å². The van der Waals surface area contributed by atoms with Crippen LogP contribution in [0.4, 0.5) is 5.69 Å². The van der Waals surface area contributed by atoms with Crippen molar-refractivity contribution in [3.63, 3.8) is 0 Å². The Morgan fingerprint density at radius 3 is 2.77 bits per heavy atom. The van der Waals surface area contributed by atoms with E-state index in [0.29, 0.717) is 27.7 Å². The molecule has 0 atom stereocenters. The highest BCUT2D eigenvalue weighted by Gasteiger charge is 2.18. The fraction of sp³-hybridized carbons (Fsp3) is 0.125. The average Bonchev–Trinajstić information content (AvgIpc) is 2.76. The molecule has 0 unspecified atom stereocenters. The molecule has 0 radical (unpaired) electrons. The molecule has 1 aromatic carbocycles. The highest BCUT2D eigenvalue weighted by atomic mass is 35.5. The Hall–Kier alpha value is -2.53. The Balaban J connectivity index is 2.00. The van der Waals surface area contributed by atoms with Gasteiger partial charge in [-0.15, -0.1) is 0 Å². The number of amides is 1. The number of fused-ring (bicyclic) bond motifs is 1. The summed E-state index contributed by atoms with van der Waals surface area (Å²) >= 11 is 5.94. The number of carbonyl (C=O) groups is 1. The van der Waals surface area contributed by atoms with Crippen molar-refractivity contribution in [2.75, 3.05) is 5.32 Å². The van der Waals surface area contributed by atoms with E-state index in [1.165, 1.54) is 0 Å². The highest BCUT2D eigenvalue weighted by molar-refractivity contribution is 6.30. The van der Waals surface area contributed by atoms with Crippen LogP contribution in [0.25, 0.3) is 5.65 Å². The van der Waals surface area contributed by atoms with Crippen LogP contribution in [0, 0.1) is 13.8 Å². The van der Waals surface area contributed by atoms with E-state index < -0.39 is 0 Å². The standard InChI is InChI=1S/C16H14ClN3O2/c1-9-3-4-12(13(21)7-9)19-16(22)15-10(2)18-14-8-11(17)5-6-20(14)15/h3-8,21H,1-2H3,(H,19,22). The number of anilines is 1. The number of imidazole rings is 1. The predicted octanol–water partition coefficient (Wildman–Crippen LogP) is 3.56. The Bertz CT molecular complexity index is 886. The van der Waals surface area contributed by atoms with Gasteiger partial charge in [-0.1, -0.05) is 17.7 Å². The fourth-order valence-electron chi connectivity index (χ4n) is 2.34. The lowest BCUT2D eigenvalue weighted by atomic mass is 10.2. The van der Waals surface area contributed by atoms with Gasteiger partial charge in [0, 0.05) is 17.3 Å². The van der Waals surface area contributed by atoms with Gasteiger partial charge in [0.1, 0.15) is 17.1 Å². The zero-order valence-corrected chi connectivity index (χ0v) is 12.8. The number of carbonyl (C=O) groups excluding carboxylic acids is 1. The van der Waals surface area contributed by atoms with Crippen LogP contribution in [0.15, 0.2) is 36.5 Å². The molecule has 3 rings (SSSR count). The molecular formula is C16H14ClN3O2. The summed E-state index contributed by atoms with van der Waals surface area (Å²) in [7, 11) is 0. The Labute approximate surface area is 132 Å². The van der Waals surface area contributed by atoms with Crippen LogP contribution in [-0.2, 0) is 0 Å². The number of pyridine rings is 1. The van der Waals surface area contributed by atoms with E-state index in [1.807, 2.05) is 13.0 Å². The maximum absolute atomic E-state index is 12.5. The Morgan fingerprint density at radius 1 is 1.27 bits per heavy atom. The molecule has 0 aliphatic heterocycles. The van der Waals surface area contributed by atoms with Crippen molar-refractivity contribution in [3.8, 4) is 5.75 Å². The van der Waals surface area contributed by atoms with E-state index in [4.69, 9.17) is 11.6 Å². The maximum Gasteiger partial charge on any atom is 0.274 e. The normalized spacial score (nSPS) is 10.9. The van der Waals surface area contributed by atoms with E-state index in [2.05, 4.69) is 10.3 Å². The molecule has 2 heterocycles. The first-order chi connectivity index (χ1) is 10.5. The third-order valence-electron chi connectivity index (χ3n) is 3.38. The van der Waals surface area contributed by atoms with Crippen molar-refractivity contribution in [1.29, 1.82) is 0 Å². The van der Waals surface area contributed by atoms with Crippen LogP contribution in [0.5, 0.6) is 5.75 Å². The first-order valence-electron chi connectivity index (χ1n) is 6.71. The van der Waals surface area contributed by atoms with Crippen molar-refractivity contribution < 1.29 is 9.90 Å². The number of phenols is 1. The quantitative estimate of drug-likeness (QED) is 0.711. The molecule has 5 nitrogen and oxygen atoms in total. The summed E-state index contributed by atoms with van der Waals surface area (Å²) in [5, 5.41) is 13.2. The van der Waals surface area contributed by atoms with Gasteiger partial charge >= 0.3 is 0 Å². The molecule has 0 bridgehead atoms. The molecule has 0 saturated carbocycles. The number of halogens is 1. The first-order valence-corrected chi connectivity index (χ1v) is 7.08. The molecule has 0 saturated heterocycles. The van der Waals surface area contributed by atoms with Crippen LogP contribution < -0.4 is 5.32 Å². The number of aromatic nitrogens is 2. The number of benzene rings is 1. The third kappa shape index (κ3) is 2.51. The average molecular weight is 316 g/mol. The SMILES string of the molecule is Cc1ccc(NC(=O)c2c(C)nc3cc(Cl)ccn23)c(O)c1. The molecule has 3 aromatic rings. The molecule has 22 heavy (non-hydrogen) atoms. The van der Waals surface area contributed by atoms with Gasteiger partial charge in [-0.2, -0.15) is 0 Å². The summed E-state index contributed by atoms with van der Waals surface area (Å²) in [5.41, 5.74) is 2.87. The fourth-order valence-corrected chi connectivity index (χ4v) is 2.49. The van der Waals surface area contributed by atoms with E-state index in [9.17, 15) is 9.90 Å². The number of rotatable bonds is 2. The molecule has 2 aromatic heterocycles. The van der Waals surface area contributed by atoms with Gasteiger partial charge in [0.05, 0.1) is 11.4 Å². The minimum Gasteiger partial charge on any atom is -0.506 e. The maximum atomic E-state index is 12.5. The number of hydrogen-bond acceptors (Lipinski definition) is 3. The minimum atomic E-state index is -0.341. The van der Waals surface area contributed by atoms with E-state index in [-0.39, 0.29) is 11.7 Å². The lowest BCUT2D eigenvalue weighted by Crippen LogP contribution is -2.15. The number of phenolic OH excluding ortho intramolecular Hbond substituents is 1. The Morgan fingerprint density at radius 2 is 2.05 bits per heavy atom. The van der Waals surface area contributed by atoms with Gasteiger partial charge in [-0.3, -0.25) is 9.20 Å². The van der Waals surface area contributed by atoms with Crippen LogP contribution in [0.1, 0.15) is 21.7 Å².